The summed E-state index contributed by atoms with van der Waals surface area (Å²) in [6, 6.07) is 0. The van der Waals surface area contributed by atoms with E-state index in [1.165, 1.54) is 17.8 Å². The Bertz CT molecular complexity index is 434. The van der Waals surface area contributed by atoms with Crippen molar-refractivity contribution in [3.63, 3.8) is 0 Å². The third-order valence-electron chi connectivity index (χ3n) is 1.84. The Kier molecular flexibility index (Phi) is 3.82. The second kappa shape index (κ2) is 5.11. The predicted molar refractivity (Wildman–Crippen MR) is 55.8 cm³/mol. The fourth-order valence-corrected chi connectivity index (χ4v) is 1.13. The van der Waals surface area contributed by atoms with E-state index < -0.39 is 11.9 Å². The normalized spacial score (nSPS) is 10.6. The number of carbonyl (C=O) groups excluding carboxylic acids is 1. The maximum Gasteiger partial charge on any atom is 0.374 e. The van der Waals surface area contributed by atoms with Crippen LogP contribution in [0.3, 0.4) is 0 Å². The van der Waals surface area contributed by atoms with E-state index in [0.717, 1.165) is 0 Å². The van der Waals surface area contributed by atoms with E-state index in [1.807, 2.05) is 0 Å². The summed E-state index contributed by atoms with van der Waals surface area (Å²) in [5.41, 5.74) is 0.518. The summed E-state index contributed by atoms with van der Waals surface area (Å²) in [6.07, 6.45) is 4.54. The van der Waals surface area contributed by atoms with Gasteiger partial charge in [-0.15, -0.1) is 0 Å². The molecule has 0 unspecified atom stereocenters. The first-order chi connectivity index (χ1) is 7.54. The van der Waals surface area contributed by atoms with Crippen LogP contribution in [-0.4, -0.2) is 33.7 Å². The third-order valence-corrected chi connectivity index (χ3v) is 1.84. The molecule has 6 heteroatoms. The average Bonchev–Trinajstić information content (AvgIpc) is 2.58. The molecule has 1 rings (SSSR count). The Labute approximate surface area is 92.2 Å². The van der Waals surface area contributed by atoms with Crippen molar-refractivity contribution in [3.05, 3.63) is 23.8 Å². The van der Waals surface area contributed by atoms with Gasteiger partial charge < -0.3 is 14.4 Å². The maximum absolute atomic E-state index is 11.2. The monoisotopic (exact) mass is 224 g/mol. The quantitative estimate of drug-likeness (QED) is 0.761. The molecule has 0 radical (unpaired) electrons. The Balaban J connectivity index is 2.80. The average molecular weight is 224 g/mol. The number of hydrogen-bond acceptors (Lipinski definition) is 4. The molecule has 16 heavy (non-hydrogen) atoms. The number of carbonyl (C=O) groups is 2. The smallest absolute Gasteiger partial charge is 0.374 e. The van der Waals surface area contributed by atoms with Crippen LogP contribution in [0.4, 0.5) is 0 Å². The van der Waals surface area contributed by atoms with Gasteiger partial charge in [0.15, 0.2) is 0 Å². The number of rotatable bonds is 4. The van der Waals surface area contributed by atoms with Gasteiger partial charge in [0.2, 0.25) is 5.82 Å². The van der Waals surface area contributed by atoms with Crippen molar-refractivity contribution in [3.8, 4) is 0 Å². The zero-order valence-electron chi connectivity index (χ0n) is 9.01. The van der Waals surface area contributed by atoms with Gasteiger partial charge in [-0.2, -0.15) is 0 Å². The first kappa shape index (κ1) is 12.0. The van der Waals surface area contributed by atoms with Gasteiger partial charge in [0.1, 0.15) is 0 Å². The standard InChI is InChI=1S/C10H12N2O4/c1-12-6-7(4-3-5-8(13)14)11-9(12)10(15)16-2/h3-4,6H,5H2,1-2H3,(H,13,14). The Morgan fingerprint density at radius 2 is 2.31 bits per heavy atom. The number of esters is 1. The lowest BCUT2D eigenvalue weighted by atomic mass is 10.3. The molecule has 0 aliphatic carbocycles. The lowest BCUT2D eigenvalue weighted by Gasteiger charge is -1.96. The summed E-state index contributed by atoms with van der Waals surface area (Å²) in [5.74, 6) is -1.27. The van der Waals surface area contributed by atoms with Crippen LogP contribution in [0, 0.1) is 0 Å². The van der Waals surface area contributed by atoms with E-state index in [2.05, 4.69) is 9.72 Å². The molecular weight excluding hydrogens is 212 g/mol. The minimum Gasteiger partial charge on any atom is -0.481 e. The third kappa shape index (κ3) is 2.94. The van der Waals surface area contributed by atoms with Crippen LogP contribution in [0.25, 0.3) is 6.08 Å². The van der Waals surface area contributed by atoms with Gasteiger partial charge in [0, 0.05) is 13.2 Å². The minimum atomic E-state index is -0.916. The number of aromatic nitrogens is 2. The fraction of sp³-hybridized carbons (Fsp3) is 0.300. The molecular formula is C10H12N2O4. The van der Waals surface area contributed by atoms with E-state index in [4.69, 9.17) is 5.11 Å². The maximum atomic E-state index is 11.2. The number of carboxylic acid groups (broad SMARTS) is 1. The minimum absolute atomic E-state index is 0.0792. The van der Waals surface area contributed by atoms with Crippen LogP contribution in [0.2, 0.25) is 0 Å². The van der Waals surface area contributed by atoms with E-state index in [1.54, 1.807) is 19.3 Å². The summed E-state index contributed by atoms with van der Waals surface area (Å²) < 4.78 is 6.05. The highest BCUT2D eigenvalue weighted by Crippen LogP contribution is 2.05. The first-order valence-electron chi connectivity index (χ1n) is 4.54. The van der Waals surface area contributed by atoms with Crippen LogP contribution < -0.4 is 0 Å². The van der Waals surface area contributed by atoms with Gasteiger partial charge >= 0.3 is 11.9 Å². The zero-order chi connectivity index (χ0) is 12.1. The Morgan fingerprint density at radius 3 is 2.88 bits per heavy atom. The molecule has 1 aromatic rings. The molecule has 1 N–H and O–H groups in total. The second-order valence-electron chi connectivity index (χ2n) is 3.09. The number of imidazole rings is 1. The van der Waals surface area contributed by atoms with Crippen molar-refractivity contribution in [2.45, 2.75) is 6.42 Å². The highest BCUT2D eigenvalue weighted by molar-refractivity contribution is 5.85. The van der Waals surface area contributed by atoms with Gasteiger partial charge in [-0.05, 0) is 6.08 Å². The highest BCUT2D eigenvalue weighted by atomic mass is 16.5. The Hall–Kier alpha value is -2.11. The van der Waals surface area contributed by atoms with Gasteiger partial charge in [-0.1, -0.05) is 6.08 Å². The summed E-state index contributed by atoms with van der Waals surface area (Å²) in [5, 5.41) is 8.43. The number of aryl methyl sites for hydroxylation is 1. The van der Waals surface area contributed by atoms with Gasteiger partial charge in [0.25, 0.3) is 0 Å². The molecule has 86 valence electrons. The molecule has 0 saturated heterocycles. The van der Waals surface area contributed by atoms with Gasteiger partial charge in [-0.25, -0.2) is 9.78 Å². The number of methoxy groups -OCH3 is 1. The molecule has 0 atom stereocenters. The number of hydrogen-bond donors (Lipinski definition) is 1. The van der Waals surface area contributed by atoms with Crippen molar-refractivity contribution in [2.75, 3.05) is 7.11 Å². The molecule has 0 fully saturated rings. The molecule has 0 amide bonds. The SMILES string of the molecule is COC(=O)c1nc(C=CCC(=O)O)cn1C. The van der Waals surface area contributed by atoms with Gasteiger partial charge in [-0.3, -0.25) is 4.79 Å². The van der Waals surface area contributed by atoms with Crippen LogP contribution in [0.15, 0.2) is 12.3 Å². The molecule has 0 spiro atoms. The topological polar surface area (TPSA) is 81.4 Å². The lowest BCUT2D eigenvalue weighted by molar-refractivity contribution is -0.135. The summed E-state index contributed by atoms with van der Waals surface area (Å²) in [6.45, 7) is 0. The molecule has 0 aliphatic rings. The van der Waals surface area contributed by atoms with Crippen molar-refractivity contribution in [1.82, 2.24) is 9.55 Å². The molecule has 0 aromatic carbocycles. The first-order valence-corrected chi connectivity index (χ1v) is 4.54. The molecule has 0 saturated carbocycles. The molecule has 0 aliphatic heterocycles. The number of aliphatic carboxylic acids is 1. The van der Waals surface area contributed by atoms with Crippen molar-refractivity contribution < 1.29 is 19.4 Å². The van der Waals surface area contributed by atoms with E-state index in [9.17, 15) is 9.59 Å². The molecule has 1 heterocycles. The highest BCUT2D eigenvalue weighted by Gasteiger charge is 2.12. The summed E-state index contributed by atoms with van der Waals surface area (Å²) in [7, 11) is 2.94. The number of nitrogens with zero attached hydrogens (tertiary/aromatic N) is 2. The van der Waals surface area contributed by atoms with E-state index in [0.29, 0.717) is 5.69 Å². The largest absolute Gasteiger partial charge is 0.481 e. The van der Waals surface area contributed by atoms with Crippen LogP contribution >= 0.6 is 0 Å². The summed E-state index contributed by atoms with van der Waals surface area (Å²) >= 11 is 0. The predicted octanol–water partition coefficient (Wildman–Crippen LogP) is 0.695. The second-order valence-corrected chi connectivity index (χ2v) is 3.09. The molecule has 1 aromatic heterocycles. The zero-order valence-corrected chi connectivity index (χ0v) is 9.01. The van der Waals surface area contributed by atoms with Crippen molar-refractivity contribution >= 4 is 18.0 Å². The Morgan fingerprint density at radius 1 is 1.62 bits per heavy atom. The number of ether oxygens (including phenoxy) is 1. The number of carboxylic acids is 1. The molecule has 6 nitrogen and oxygen atoms in total. The summed E-state index contributed by atoms with van der Waals surface area (Å²) in [4.78, 5) is 25.5. The van der Waals surface area contributed by atoms with Crippen LogP contribution in [0.1, 0.15) is 22.7 Å². The van der Waals surface area contributed by atoms with Crippen molar-refractivity contribution in [2.24, 2.45) is 7.05 Å². The van der Waals surface area contributed by atoms with Crippen LogP contribution in [0.5, 0.6) is 0 Å². The lowest BCUT2D eigenvalue weighted by Crippen LogP contribution is -2.08. The fourth-order valence-electron chi connectivity index (χ4n) is 1.13. The van der Waals surface area contributed by atoms with Crippen LogP contribution in [-0.2, 0) is 16.6 Å². The van der Waals surface area contributed by atoms with E-state index >= 15 is 0 Å². The van der Waals surface area contributed by atoms with Gasteiger partial charge in [0.05, 0.1) is 19.2 Å². The van der Waals surface area contributed by atoms with Crippen molar-refractivity contribution in [1.29, 1.82) is 0 Å². The molecule has 0 bridgehead atoms. The van der Waals surface area contributed by atoms with E-state index in [-0.39, 0.29) is 12.2 Å².